The maximum absolute atomic E-state index is 13.7. The molecule has 2 aromatic rings. The largest absolute Gasteiger partial charge is 0.477 e. The molecule has 3 heterocycles. The number of hydrazone groups is 2. The van der Waals surface area contributed by atoms with Crippen molar-refractivity contribution in [3.8, 4) is 5.88 Å². The quantitative estimate of drug-likeness (QED) is 0.498. The summed E-state index contributed by atoms with van der Waals surface area (Å²) < 4.78 is 5.96. The van der Waals surface area contributed by atoms with E-state index in [0.717, 1.165) is 30.4 Å². The number of fused-ring (bicyclic) bond motifs is 2. The molecule has 2 bridgehead atoms. The minimum Gasteiger partial charge on any atom is -0.477 e. The fraction of sp³-hybridized carbons (Fsp3) is 0.417. The summed E-state index contributed by atoms with van der Waals surface area (Å²) in [6.07, 6.45) is 6.44. The molecule has 0 spiro atoms. The lowest BCUT2D eigenvalue weighted by Crippen LogP contribution is -2.38. The van der Waals surface area contributed by atoms with E-state index in [9.17, 15) is 4.79 Å². The molecule has 1 amide bonds. The van der Waals surface area contributed by atoms with Crippen molar-refractivity contribution in [2.75, 3.05) is 11.7 Å². The molecule has 2 fully saturated rings. The number of anilines is 1. The number of carbonyl (C=O) groups is 1. The number of nitrogens with zero attached hydrogens (tertiary/aromatic N) is 5. The van der Waals surface area contributed by atoms with E-state index in [2.05, 4.69) is 26.8 Å². The lowest BCUT2D eigenvalue weighted by atomic mass is 9.90. The standard InChI is InChI=1S/C24H29N5O2/c1-5-27-29(25-4)22-9-6-16(2)12-20(22)24(30)28-19-8-10-21(28)18(13-19)15-31-23-11-7-17(3)14-26-23/h5-7,9,11-12,14,18-19,21H,4,8,10,13,15H2,1-3H3/b27-5-. The highest BCUT2D eigenvalue weighted by atomic mass is 16.5. The van der Waals surface area contributed by atoms with Crippen LogP contribution < -0.4 is 9.85 Å². The molecule has 7 nitrogen and oxygen atoms in total. The van der Waals surface area contributed by atoms with Crippen LogP contribution in [0, 0.1) is 19.8 Å². The second-order valence-electron chi connectivity index (χ2n) is 8.32. The van der Waals surface area contributed by atoms with E-state index in [-0.39, 0.29) is 18.0 Å². The average Bonchev–Trinajstić information content (AvgIpc) is 3.35. The van der Waals surface area contributed by atoms with Crippen LogP contribution in [-0.4, -0.2) is 47.4 Å². The van der Waals surface area contributed by atoms with Crippen molar-refractivity contribution in [1.29, 1.82) is 0 Å². The van der Waals surface area contributed by atoms with Crippen molar-refractivity contribution < 1.29 is 9.53 Å². The molecule has 1 aromatic heterocycles. The molecule has 3 unspecified atom stereocenters. The second-order valence-corrected chi connectivity index (χ2v) is 8.32. The molecule has 1 aromatic carbocycles. The molecule has 0 N–H and O–H groups in total. The summed E-state index contributed by atoms with van der Waals surface area (Å²) in [4.78, 5) is 20.1. The minimum absolute atomic E-state index is 0.0297. The molecule has 2 saturated heterocycles. The first kappa shape index (κ1) is 21.0. The molecular weight excluding hydrogens is 390 g/mol. The van der Waals surface area contributed by atoms with E-state index >= 15 is 0 Å². The Morgan fingerprint density at radius 1 is 1.29 bits per heavy atom. The van der Waals surface area contributed by atoms with Crippen LogP contribution in [0.25, 0.3) is 0 Å². The number of hydrogen-bond donors (Lipinski definition) is 0. The summed E-state index contributed by atoms with van der Waals surface area (Å²) in [6.45, 7) is 9.97. The highest BCUT2D eigenvalue weighted by Crippen LogP contribution is 2.43. The summed E-state index contributed by atoms with van der Waals surface area (Å²) in [5.41, 5.74) is 3.38. The van der Waals surface area contributed by atoms with Crippen molar-refractivity contribution in [2.45, 2.75) is 52.1 Å². The van der Waals surface area contributed by atoms with Crippen LogP contribution >= 0.6 is 0 Å². The zero-order valence-electron chi connectivity index (χ0n) is 18.4. The number of amides is 1. The fourth-order valence-electron chi connectivity index (χ4n) is 4.76. The molecule has 0 radical (unpaired) electrons. The monoisotopic (exact) mass is 419 g/mol. The van der Waals surface area contributed by atoms with Gasteiger partial charge < -0.3 is 9.64 Å². The Kier molecular flexibility index (Phi) is 6.02. The van der Waals surface area contributed by atoms with Crippen LogP contribution in [0.2, 0.25) is 0 Å². The van der Waals surface area contributed by atoms with E-state index in [1.807, 2.05) is 57.3 Å². The van der Waals surface area contributed by atoms with Gasteiger partial charge in [-0.3, -0.25) is 4.79 Å². The van der Waals surface area contributed by atoms with Gasteiger partial charge >= 0.3 is 0 Å². The highest BCUT2D eigenvalue weighted by Gasteiger charge is 2.49. The van der Waals surface area contributed by atoms with E-state index in [0.29, 0.717) is 29.7 Å². The van der Waals surface area contributed by atoms with Gasteiger partial charge in [-0.2, -0.15) is 15.3 Å². The smallest absolute Gasteiger partial charge is 0.256 e. The van der Waals surface area contributed by atoms with Gasteiger partial charge in [0.25, 0.3) is 5.91 Å². The Morgan fingerprint density at radius 3 is 2.81 bits per heavy atom. The van der Waals surface area contributed by atoms with Crippen molar-refractivity contribution in [1.82, 2.24) is 9.88 Å². The van der Waals surface area contributed by atoms with E-state index < -0.39 is 0 Å². The number of benzene rings is 1. The number of aromatic nitrogens is 1. The van der Waals surface area contributed by atoms with Crippen LogP contribution in [0.15, 0.2) is 46.7 Å². The third-order valence-electron chi connectivity index (χ3n) is 6.19. The predicted molar refractivity (Wildman–Crippen MR) is 123 cm³/mol. The molecule has 162 valence electrons. The lowest BCUT2D eigenvalue weighted by Gasteiger charge is -2.26. The first-order valence-electron chi connectivity index (χ1n) is 10.8. The topological polar surface area (TPSA) is 70.4 Å². The Hall–Kier alpha value is -3.22. The van der Waals surface area contributed by atoms with Crippen LogP contribution in [0.4, 0.5) is 5.69 Å². The number of carbonyl (C=O) groups excluding carboxylic acids is 1. The Labute approximate surface area is 183 Å². The third kappa shape index (κ3) is 4.17. The lowest BCUT2D eigenvalue weighted by molar-refractivity contribution is 0.0710. The van der Waals surface area contributed by atoms with Gasteiger partial charge in [0.1, 0.15) is 0 Å². The van der Waals surface area contributed by atoms with Crippen LogP contribution in [-0.2, 0) is 0 Å². The molecule has 31 heavy (non-hydrogen) atoms. The Bertz CT molecular complexity index is 988. The molecule has 2 aliphatic rings. The van der Waals surface area contributed by atoms with E-state index in [1.165, 1.54) is 5.12 Å². The SMILES string of the molecule is C=NN(/N=C\C)c1ccc(C)cc1C(=O)N1C2CCC1C(COc1ccc(C)cn1)C2. The molecular formula is C24H29N5O2. The van der Waals surface area contributed by atoms with Gasteiger partial charge in [0.15, 0.2) is 0 Å². The van der Waals surface area contributed by atoms with Crippen molar-refractivity contribution >= 4 is 24.5 Å². The molecule has 0 saturated carbocycles. The molecule has 0 aliphatic carbocycles. The van der Waals surface area contributed by atoms with Gasteiger partial charge in [-0.05, 0) is 57.7 Å². The summed E-state index contributed by atoms with van der Waals surface area (Å²) in [7, 11) is 0. The van der Waals surface area contributed by atoms with E-state index in [4.69, 9.17) is 4.74 Å². The Morgan fingerprint density at radius 2 is 2.10 bits per heavy atom. The first-order valence-corrected chi connectivity index (χ1v) is 10.8. The number of pyridine rings is 1. The predicted octanol–water partition coefficient (Wildman–Crippen LogP) is 4.20. The van der Waals surface area contributed by atoms with Crippen LogP contribution in [0.1, 0.15) is 47.7 Å². The maximum atomic E-state index is 13.7. The van der Waals surface area contributed by atoms with Crippen molar-refractivity contribution in [2.24, 2.45) is 16.1 Å². The Balaban J connectivity index is 1.54. The van der Waals surface area contributed by atoms with Gasteiger partial charge in [0.05, 0.1) is 17.9 Å². The van der Waals surface area contributed by atoms with Gasteiger partial charge in [0, 0.05) is 43.2 Å². The molecule has 4 rings (SSSR count). The second kappa shape index (κ2) is 8.88. The average molecular weight is 420 g/mol. The summed E-state index contributed by atoms with van der Waals surface area (Å²) >= 11 is 0. The molecule has 7 heteroatoms. The van der Waals surface area contributed by atoms with Crippen LogP contribution in [0.5, 0.6) is 5.88 Å². The fourth-order valence-corrected chi connectivity index (χ4v) is 4.76. The van der Waals surface area contributed by atoms with Crippen molar-refractivity contribution in [3.63, 3.8) is 0 Å². The third-order valence-corrected chi connectivity index (χ3v) is 6.19. The van der Waals surface area contributed by atoms with Crippen LogP contribution in [0.3, 0.4) is 0 Å². The van der Waals surface area contributed by atoms with Crippen molar-refractivity contribution in [3.05, 3.63) is 53.2 Å². The zero-order chi connectivity index (χ0) is 22.0. The summed E-state index contributed by atoms with van der Waals surface area (Å²) in [6, 6.07) is 10.1. The molecule has 3 atom stereocenters. The summed E-state index contributed by atoms with van der Waals surface area (Å²) in [5.74, 6) is 0.973. The maximum Gasteiger partial charge on any atom is 0.256 e. The number of aryl methyl sites for hydroxylation is 2. The minimum atomic E-state index is 0.0297. The highest BCUT2D eigenvalue weighted by molar-refractivity contribution is 6.00. The van der Waals surface area contributed by atoms with Gasteiger partial charge in [-0.15, -0.1) is 0 Å². The molecule has 2 aliphatic heterocycles. The zero-order valence-corrected chi connectivity index (χ0v) is 18.4. The van der Waals surface area contributed by atoms with E-state index in [1.54, 1.807) is 6.21 Å². The summed E-state index contributed by atoms with van der Waals surface area (Å²) in [5, 5.41) is 9.62. The normalized spacial score (nSPS) is 22.2. The number of rotatable bonds is 7. The van der Waals surface area contributed by atoms with Gasteiger partial charge in [0.2, 0.25) is 5.88 Å². The first-order chi connectivity index (χ1) is 15.0. The van der Waals surface area contributed by atoms with Gasteiger partial charge in [-0.25, -0.2) is 4.98 Å². The number of ether oxygens (including phenoxy) is 1. The van der Waals surface area contributed by atoms with Gasteiger partial charge in [-0.1, -0.05) is 17.7 Å². The number of hydrogen-bond acceptors (Lipinski definition) is 6.